The van der Waals surface area contributed by atoms with Gasteiger partial charge in [0.2, 0.25) is 0 Å². The normalized spacial score (nSPS) is 12.4. The van der Waals surface area contributed by atoms with E-state index in [2.05, 4.69) is 28.6 Å². The molecule has 1 aromatic carbocycles. The molecule has 0 saturated heterocycles. The first kappa shape index (κ1) is 19.8. The van der Waals surface area contributed by atoms with Gasteiger partial charge in [0.05, 0.1) is 6.04 Å². The highest BCUT2D eigenvalue weighted by Gasteiger charge is 2.09. The number of nitrogens with one attached hydrogen (secondary N) is 2. The van der Waals surface area contributed by atoms with Gasteiger partial charge in [0.25, 0.3) is 0 Å². The van der Waals surface area contributed by atoms with Crippen molar-refractivity contribution in [3.63, 3.8) is 0 Å². The van der Waals surface area contributed by atoms with Crippen LogP contribution in [0.15, 0.2) is 40.7 Å². The third-order valence-electron chi connectivity index (χ3n) is 3.25. The lowest BCUT2D eigenvalue weighted by molar-refractivity contribution is 0.570. The van der Waals surface area contributed by atoms with Crippen LogP contribution in [0.2, 0.25) is 0 Å². The van der Waals surface area contributed by atoms with Crippen LogP contribution >= 0.6 is 35.3 Å². The third kappa shape index (κ3) is 6.06. The number of thiophene rings is 1. The van der Waals surface area contributed by atoms with E-state index in [9.17, 15) is 8.78 Å². The number of guanidine groups is 1. The quantitative estimate of drug-likeness (QED) is 0.408. The van der Waals surface area contributed by atoms with E-state index in [4.69, 9.17) is 0 Å². The Morgan fingerprint density at radius 3 is 2.70 bits per heavy atom. The van der Waals surface area contributed by atoms with E-state index < -0.39 is 11.6 Å². The number of hydrogen-bond acceptors (Lipinski definition) is 2. The van der Waals surface area contributed by atoms with Crippen molar-refractivity contribution in [1.82, 2.24) is 10.6 Å². The van der Waals surface area contributed by atoms with Crippen LogP contribution in [0.1, 0.15) is 23.4 Å². The van der Waals surface area contributed by atoms with Crippen molar-refractivity contribution < 1.29 is 8.78 Å². The second-order valence-electron chi connectivity index (χ2n) is 4.87. The van der Waals surface area contributed by atoms with E-state index in [1.165, 1.54) is 17.0 Å². The predicted octanol–water partition coefficient (Wildman–Crippen LogP) is 4.11. The zero-order chi connectivity index (χ0) is 15.9. The lowest BCUT2D eigenvalue weighted by atomic mass is 10.1. The molecule has 0 bridgehead atoms. The fourth-order valence-corrected chi connectivity index (χ4v) is 2.78. The fourth-order valence-electron chi connectivity index (χ4n) is 2.05. The van der Waals surface area contributed by atoms with Crippen LogP contribution in [0.5, 0.6) is 0 Å². The van der Waals surface area contributed by atoms with Crippen molar-refractivity contribution in [3.8, 4) is 0 Å². The summed E-state index contributed by atoms with van der Waals surface area (Å²) in [7, 11) is 1.69. The molecular weight excluding hydrogens is 431 g/mol. The number of halogens is 3. The molecule has 126 valence electrons. The molecule has 7 heteroatoms. The summed E-state index contributed by atoms with van der Waals surface area (Å²) < 4.78 is 26.4. The van der Waals surface area contributed by atoms with Crippen LogP contribution in [0, 0.1) is 11.6 Å². The van der Waals surface area contributed by atoms with E-state index in [1.807, 2.05) is 11.4 Å². The number of aliphatic imine (C=N–C) groups is 1. The van der Waals surface area contributed by atoms with Gasteiger partial charge in [0.1, 0.15) is 11.6 Å². The molecule has 1 aromatic heterocycles. The molecule has 1 heterocycles. The Kier molecular flexibility index (Phi) is 8.46. The summed E-state index contributed by atoms with van der Waals surface area (Å²) in [5.74, 6) is -0.420. The molecule has 2 N–H and O–H groups in total. The van der Waals surface area contributed by atoms with Gasteiger partial charge in [0, 0.05) is 24.5 Å². The molecule has 2 rings (SSSR count). The van der Waals surface area contributed by atoms with Crippen LogP contribution in [0.25, 0.3) is 0 Å². The zero-order valence-electron chi connectivity index (χ0n) is 13.0. The molecule has 23 heavy (non-hydrogen) atoms. The van der Waals surface area contributed by atoms with Crippen molar-refractivity contribution in [3.05, 3.63) is 57.8 Å². The number of rotatable bonds is 5. The number of nitrogens with zero attached hydrogens (tertiary/aromatic N) is 1. The maximum absolute atomic E-state index is 13.5. The third-order valence-corrected chi connectivity index (χ3v) is 4.30. The second kappa shape index (κ2) is 9.82. The topological polar surface area (TPSA) is 36.4 Å². The van der Waals surface area contributed by atoms with E-state index in [0.29, 0.717) is 24.5 Å². The highest BCUT2D eigenvalue weighted by Crippen LogP contribution is 2.17. The molecular formula is C16H20F2IN3S. The van der Waals surface area contributed by atoms with Crippen molar-refractivity contribution in [2.75, 3.05) is 13.6 Å². The summed E-state index contributed by atoms with van der Waals surface area (Å²) in [6, 6.07) is 7.85. The first-order chi connectivity index (χ1) is 10.6. The van der Waals surface area contributed by atoms with Crippen LogP contribution in [0.3, 0.4) is 0 Å². The summed E-state index contributed by atoms with van der Waals surface area (Å²) in [6.07, 6.45) is 0.459. The van der Waals surface area contributed by atoms with E-state index >= 15 is 0 Å². The average molecular weight is 451 g/mol. The maximum Gasteiger partial charge on any atom is 0.191 e. The van der Waals surface area contributed by atoms with Crippen LogP contribution < -0.4 is 10.6 Å². The Labute approximate surface area is 156 Å². The lowest BCUT2D eigenvalue weighted by Gasteiger charge is -2.17. The monoisotopic (exact) mass is 451 g/mol. The molecule has 0 saturated carbocycles. The Morgan fingerprint density at radius 1 is 1.30 bits per heavy atom. The number of benzene rings is 1. The Balaban J connectivity index is 0.00000264. The van der Waals surface area contributed by atoms with Gasteiger partial charge in [-0.1, -0.05) is 12.1 Å². The van der Waals surface area contributed by atoms with Crippen LogP contribution in [-0.2, 0) is 6.42 Å². The minimum absolute atomic E-state index is 0. The van der Waals surface area contributed by atoms with Crippen molar-refractivity contribution in [2.45, 2.75) is 19.4 Å². The van der Waals surface area contributed by atoms with Gasteiger partial charge < -0.3 is 10.6 Å². The van der Waals surface area contributed by atoms with Gasteiger partial charge in [-0.25, -0.2) is 8.78 Å². The van der Waals surface area contributed by atoms with Crippen molar-refractivity contribution in [2.24, 2.45) is 4.99 Å². The molecule has 0 amide bonds. The first-order valence-corrected chi connectivity index (χ1v) is 7.92. The first-order valence-electron chi connectivity index (χ1n) is 7.04. The largest absolute Gasteiger partial charge is 0.356 e. The summed E-state index contributed by atoms with van der Waals surface area (Å²) in [5.41, 5.74) is 0.482. The molecule has 0 aliphatic rings. The molecule has 2 aromatic rings. The fraction of sp³-hybridized carbons (Fsp3) is 0.312. The Hall–Kier alpha value is -1.22. The van der Waals surface area contributed by atoms with Gasteiger partial charge >= 0.3 is 0 Å². The van der Waals surface area contributed by atoms with Crippen LogP contribution in [-0.4, -0.2) is 19.6 Å². The maximum atomic E-state index is 13.5. The van der Waals surface area contributed by atoms with E-state index in [-0.39, 0.29) is 30.0 Å². The highest BCUT2D eigenvalue weighted by molar-refractivity contribution is 14.0. The molecule has 1 unspecified atom stereocenters. The number of hydrogen-bond donors (Lipinski definition) is 2. The lowest BCUT2D eigenvalue weighted by Crippen LogP contribution is -2.39. The van der Waals surface area contributed by atoms with E-state index in [0.717, 1.165) is 6.07 Å². The van der Waals surface area contributed by atoms with Gasteiger partial charge in [-0.05, 0) is 36.4 Å². The predicted molar refractivity (Wildman–Crippen MR) is 103 cm³/mol. The standard InChI is InChI=1S/C16H19F2N3S.HI/c1-11(15-4-3-9-22-15)21-16(19-2)20-8-7-12-5-6-13(17)10-14(12)18;/h3-6,9-11H,7-8H2,1-2H3,(H2,19,20,21);1H. The zero-order valence-corrected chi connectivity index (χ0v) is 16.1. The molecule has 0 fully saturated rings. The Bertz CT molecular complexity index is 632. The molecule has 0 aliphatic carbocycles. The van der Waals surface area contributed by atoms with Gasteiger partial charge in [-0.3, -0.25) is 4.99 Å². The van der Waals surface area contributed by atoms with Crippen LogP contribution in [0.4, 0.5) is 8.78 Å². The smallest absolute Gasteiger partial charge is 0.191 e. The summed E-state index contributed by atoms with van der Waals surface area (Å²) in [4.78, 5) is 5.37. The molecule has 3 nitrogen and oxygen atoms in total. The summed E-state index contributed by atoms with van der Waals surface area (Å²) in [6.45, 7) is 2.57. The van der Waals surface area contributed by atoms with Crippen molar-refractivity contribution >= 4 is 41.3 Å². The second-order valence-corrected chi connectivity index (χ2v) is 5.85. The molecule has 0 spiro atoms. The Morgan fingerprint density at radius 2 is 2.09 bits per heavy atom. The summed E-state index contributed by atoms with van der Waals surface area (Å²) >= 11 is 1.68. The minimum Gasteiger partial charge on any atom is -0.356 e. The minimum atomic E-state index is -0.559. The van der Waals surface area contributed by atoms with Gasteiger partial charge in [0.15, 0.2) is 5.96 Å². The van der Waals surface area contributed by atoms with Crippen molar-refractivity contribution in [1.29, 1.82) is 0 Å². The van der Waals surface area contributed by atoms with Gasteiger partial charge in [-0.15, -0.1) is 35.3 Å². The average Bonchev–Trinajstić information content (AvgIpc) is 3.02. The summed E-state index contributed by atoms with van der Waals surface area (Å²) in [5, 5.41) is 8.44. The molecule has 0 radical (unpaired) electrons. The highest BCUT2D eigenvalue weighted by atomic mass is 127. The molecule has 0 aliphatic heterocycles. The van der Waals surface area contributed by atoms with E-state index in [1.54, 1.807) is 18.4 Å². The molecule has 1 atom stereocenters. The van der Waals surface area contributed by atoms with Gasteiger partial charge in [-0.2, -0.15) is 0 Å². The SMILES string of the molecule is CN=C(NCCc1ccc(F)cc1F)NC(C)c1cccs1.I.